The van der Waals surface area contributed by atoms with Gasteiger partial charge in [0.25, 0.3) is 0 Å². The van der Waals surface area contributed by atoms with E-state index >= 15 is 0 Å². The Kier molecular flexibility index (Phi) is 4.45. The van der Waals surface area contributed by atoms with E-state index in [4.69, 9.17) is 21.9 Å². The Morgan fingerprint density at radius 3 is 2.87 bits per heavy atom. The first-order chi connectivity index (χ1) is 15.0. The highest BCUT2D eigenvalue weighted by molar-refractivity contribution is 6.33. The number of halogens is 1. The quantitative estimate of drug-likeness (QED) is 0.381. The molecule has 0 spiro atoms. The lowest BCUT2D eigenvalue weighted by Crippen LogP contribution is -2.19. The number of nitrogens with zero attached hydrogens (tertiary/aromatic N) is 5. The first-order valence-electron chi connectivity index (χ1n) is 9.42. The van der Waals surface area contributed by atoms with Gasteiger partial charge in [-0.2, -0.15) is 14.9 Å². The van der Waals surface area contributed by atoms with E-state index in [2.05, 4.69) is 25.4 Å². The fraction of sp³-hybridized carbons (Fsp3) is 0.150. The van der Waals surface area contributed by atoms with E-state index in [1.807, 2.05) is 6.07 Å². The Balaban J connectivity index is 1.66. The van der Waals surface area contributed by atoms with Crippen molar-refractivity contribution in [3.8, 4) is 11.9 Å². The van der Waals surface area contributed by atoms with E-state index < -0.39 is 5.69 Å². The molecule has 3 heterocycles. The number of H-pyrrole nitrogens is 2. The van der Waals surface area contributed by atoms with Crippen molar-refractivity contribution in [2.45, 2.75) is 18.9 Å². The Hall–Kier alpha value is -4.10. The summed E-state index contributed by atoms with van der Waals surface area (Å²) in [7, 11) is 0. The molecule has 0 radical (unpaired) electrons. The zero-order chi connectivity index (χ0) is 21.5. The molecule has 1 aliphatic carbocycles. The molecule has 31 heavy (non-hydrogen) atoms. The van der Waals surface area contributed by atoms with Crippen LogP contribution >= 0.6 is 11.6 Å². The van der Waals surface area contributed by atoms with E-state index in [9.17, 15) is 9.90 Å². The number of hydrogen-bond donors (Lipinski definition) is 4. The van der Waals surface area contributed by atoms with Crippen LogP contribution in [0.2, 0.25) is 5.02 Å². The fourth-order valence-corrected chi connectivity index (χ4v) is 3.31. The van der Waals surface area contributed by atoms with Crippen molar-refractivity contribution >= 4 is 34.8 Å². The van der Waals surface area contributed by atoms with E-state index in [0.717, 1.165) is 12.8 Å². The summed E-state index contributed by atoms with van der Waals surface area (Å²) in [5.41, 5.74) is 1.84. The van der Waals surface area contributed by atoms with Crippen molar-refractivity contribution in [2.75, 3.05) is 5.32 Å². The Morgan fingerprint density at radius 1 is 1.35 bits per heavy atom. The molecule has 0 atom stereocenters. The predicted octanol–water partition coefficient (Wildman–Crippen LogP) is 1.33. The monoisotopic (exact) mass is 434 g/mol. The van der Waals surface area contributed by atoms with E-state index in [1.165, 1.54) is 0 Å². The standard InChI is InChI=1S/C20H15ClN8O2/c21-13-5-10(8-22)1-4-14(13)25-16-7-17(24-12-2-3-12)29-18(27-16)11(9-23-29)6-15-19(30)28-20(31)26-15/h1,4-7,9,12,25,30H,2-3H2,(H2,26,28,31)/b11-6-,24-17?. The third kappa shape index (κ3) is 3.74. The first kappa shape index (κ1) is 18.9. The third-order valence-corrected chi connectivity index (χ3v) is 5.05. The van der Waals surface area contributed by atoms with Crippen LogP contribution in [0.5, 0.6) is 5.88 Å². The molecule has 1 aliphatic rings. The van der Waals surface area contributed by atoms with Gasteiger partial charge in [0, 0.05) is 11.3 Å². The van der Waals surface area contributed by atoms with Gasteiger partial charge in [0.2, 0.25) is 5.88 Å². The smallest absolute Gasteiger partial charge is 0.326 e. The van der Waals surface area contributed by atoms with Gasteiger partial charge in [0.1, 0.15) is 11.5 Å². The molecule has 1 saturated carbocycles. The maximum Gasteiger partial charge on any atom is 0.326 e. The summed E-state index contributed by atoms with van der Waals surface area (Å²) < 4.78 is 1.61. The summed E-state index contributed by atoms with van der Waals surface area (Å²) >= 11 is 6.29. The van der Waals surface area contributed by atoms with Crippen LogP contribution in [0.3, 0.4) is 0 Å². The summed E-state index contributed by atoms with van der Waals surface area (Å²) in [5.74, 6) is 0.214. The third-order valence-electron chi connectivity index (χ3n) is 4.74. The second kappa shape index (κ2) is 7.30. The van der Waals surface area contributed by atoms with Crippen LogP contribution in [0.15, 0.2) is 40.2 Å². The molecule has 0 bridgehead atoms. The SMILES string of the molecule is N#Cc1ccc(Nc2cc(=NC3CC3)n3nc/c(=C/c4[nH]c(=O)[nH]c4O)c3n2)c(Cl)c1. The van der Waals surface area contributed by atoms with Crippen LogP contribution in [0.1, 0.15) is 24.1 Å². The van der Waals surface area contributed by atoms with Crippen LogP contribution in [0, 0.1) is 11.3 Å². The van der Waals surface area contributed by atoms with Crippen LogP contribution in [0.4, 0.5) is 11.5 Å². The number of aromatic hydroxyl groups is 1. The number of anilines is 2. The second-order valence-electron chi connectivity index (χ2n) is 7.11. The molecule has 3 aromatic heterocycles. The van der Waals surface area contributed by atoms with Crippen LogP contribution in [-0.4, -0.2) is 35.7 Å². The lowest BCUT2D eigenvalue weighted by atomic mass is 10.2. The Morgan fingerprint density at radius 2 is 2.19 bits per heavy atom. The maximum absolute atomic E-state index is 11.4. The number of benzene rings is 1. The van der Waals surface area contributed by atoms with Crippen LogP contribution < -0.4 is 21.7 Å². The lowest BCUT2D eigenvalue weighted by Gasteiger charge is -2.08. The number of aromatic nitrogens is 5. The number of fused-ring (bicyclic) bond motifs is 1. The van der Waals surface area contributed by atoms with Gasteiger partial charge in [-0.05, 0) is 37.1 Å². The Labute approximate surface area is 179 Å². The topological polar surface area (TPSA) is 147 Å². The summed E-state index contributed by atoms with van der Waals surface area (Å²) in [4.78, 5) is 25.6. The highest BCUT2D eigenvalue weighted by atomic mass is 35.5. The van der Waals surface area contributed by atoms with Crippen LogP contribution in [0.25, 0.3) is 11.7 Å². The van der Waals surface area contributed by atoms with Gasteiger partial charge in [0.05, 0.1) is 34.6 Å². The lowest BCUT2D eigenvalue weighted by molar-refractivity contribution is 0.454. The molecule has 11 heteroatoms. The first-order valence-corrected chi connectivity index (χ1v) is 9.80. The fourth-order valence-electron chi connectivity index (χ4n) is 3.08. The molecule has 5 rings (SSSR count). The second-order valence-corrected chi connectivity index (χ2v) is 7.52. The van der Waals surface area contributed by atoms with E-state index in [1.54, 1.807) is 41.1 Å². The molecule has 10 nitrogen and oxygen atoms in total. The minimum absolute atomic E-state index is 0.218. The van der Waals surface area contributed by atoms with Crippen molar-refractivity contribution in [3.63, 3.8) is 0 Å². The molecule has 0 amide bonds. The molecule has 4 N–H and O–H groups in total. The van der Waals surface area contributed by atoms with Gasteiger partial charge in [-0.3, -0.25) is 9.98 Å². The number of imidazole rings is 1. The predicted molar refractivity (Wildman–Crippen MR) is 113 cm³/mol. The summed E-state index contributed by atoms with van der Waals surface area (Å²) in [6, 6.07) is 9.00. The molecular weight excluding hydrogens is 420 g/mol. The molecule has 1 fully saturated rings. The van der Waals surface area contributed by atoms with Gasteiger partial charge in [-0.1, -0.05) is 11.6 Å². The minimum atomic E-state index is -0.518. The normalized spacial score (nSPS) is 14.8. The number of rotatable bonds is 4. The number of aromatic amines is 2. The zero-order valence-electron chi connectivity index (χ0n) is 15.9. The zero-order valence-corrected chi connectivity index (χ0v) is 16.7. The number of nitrogens with one attached hydrogen (secondary N) is 3. The average molecular weight is 435 g/mol. The molecule has 154 valence electrons. The summed E-state index contributed by atoms with van der Waals surface area (Å²) in [6.07, 6.45) is 5.19. The highest BCUT2D eigenvalue weighted by Gasteiger charge is 2.20. The van der Waals surface area contributed by atoms with E-state index in [0.29, 0.717) is 38.4 Å². The number of nitriles is 1. The average Bonchev–Trinajstić information content (AvgIpc) is 3.38. The van der Waals surface area contributed by atoms with Crippen molar-refractivity contribution < 1.29 is 5.11 Å². The van der Waals surface area contributed by atoms with Gasteiger partial charge < -0.3 is 15.4 Å². The summed E-state index contributed by atoms with van der Waals surface area (Å²) in [6.45, 7) is 0. The van der Waals surface area contributed by atoms with Crippen molar-refractivity contribution in [1.29, 1.82) is 5.26 Å². The maximum atomic E-state index is 11.4. The van der Waals surface area contributed by atoms with Gasteiger partial charge >= 0.3 is 5.69 Å². The van der Waals surface area contributed by atoms with Gasteiger partial charge in [-0.15, -0.1) is 0 Å². The summed E-state index contributed by atoms with van der Waals surface area (Å²) in [5, 5.41) is 27.4. The Bertz CT molecular complexity index is 1540. The van der Waals surface area contributed by atoms with Crippen molar-refractivity contribution in [3.05, 3.63) is 67.9 Å². The molecule has 0 unspecified atom stereocenters. The van der Waals surface area contributed by atoms with Gasteiger partial charge in [-0.25, -0.2) is 9.78 Å². The molecular formula is C20H15ClN8O2. The number of hydrogen-bond acceptors (Lipinski definition) is 7. The minimum Gasteiger partial charge on any atom is -0.493 e. The van der Waals surface area contributed by atoms with Crippen molar-refractivity contribution in [1.82, 2.24) is 24.6 Å². The van der Waals surface area contributed by atoms with E-state index in [-0.39, 0.29) is 17.6 Å². The van der Waals surface area contributed by atoms with Crippen LogP contribution in [-0.2, 0) is 0 Å². The molecule has 0 aliphatic heterocycles. The van der Waals surface area contributed by atoms with Crippen molar-refractivity contribution in [2.24, 2.45) is 4.99 Å². The molecule has 1 aromatic carbocycles. The largest absolute Gasteiger partial charge is 0.493 e. The molecule has 4 aromatic rings. The molecule has 0 saturated heterocycles. The highest BCUT2D eigenvalue weighted by Crippen LogP contribution is 2.26. The van der Waals surface area contributed by atoms with Gasteiger partial charge in [0.15, 0.2) is 11.1 Å².